The lowest BCUT2D eigenvalue weighted by Crippen LogP contribution is -2.38. The minimum Gasteiger partial charge on any atom is -0.294 e. The fraction of sp³-hybridized carbons (Fsp3) is 0.647. The second-order valence-electron chi connectivity index (χ2n) is 5.29. The summed E-state index contributed by atoms with van der Waals surface area (Å²) in [5.74, 6) is 1.04. The highest BCUT2D eigenvalue weighted by Gasteiger charge is 2.25. The van der Waals surface area contributed by atoms with E-state index in [1.165, 1.54) is 11.1 Å². The molecular weight excluding hydrogens is 248 g/mol. The Labute approximate surface area is 123 Å². The molecule has 1 rings (SSSR count). The lowest BCUT2D eigenvalue weighted by atomic mass is 10.1. The van der Waals surface area contributed by atoms with E-state index in [1.54, 1.807) is 0 Å². The van der Waals surface area contributed by atoms with Crippen LogP contribution in [-0.2, 0) is 4.79 Å². The Balaban J connectivity index is 3.16. The van der Waals surface area contributed by atoms with Crippen molar-refractivity contribution < 1.29 is 4.79 Å². The Morgan fingerprint density at radius 2 is 1.95 bits per heavy atom. The number of rotatable bonds is 6. The first-order chi connectivity index (χ1) is 9.58. The van der Waals surface area contributed by atoms with Gasteiger partial charge in [-0.25, -0.2) is 4.99 Å². The van der Waals surface area contributed by atoms with Crippen LogP contribution < -0.4 is 0 Å². The average molecular weight is 276 g/mol. The van der Waals surface area contributed by atoms with Gasteiger partial charge in [0, 0.05) is 18.7 Å². The Bertz CT molecular complexity index is 428. The molecule has 0 bridgehead atoms. The van der Waals surface area contributed by atoms with Crippen molar-refractivity contribution in [2.24, 2.45) is 4.99 Å². The van der Waals surface area contributed by atoms with Gasteiger partial charge in [-0.3, -0.25) is 9.69 Å². The summed E-state index contributed by atoms with van der Waals surface area (Å²) in [4.78, 5) is 18.9. The maximum absolute atomic E-state index is 12.4. The normalized spacial score (nSPS) is 15.4. The van der Waals surface area contributed by atoms with Gasteiger partial charge in [0.05, 0.1) is 0 Å². The highest BCUT2D eigenvalue weighted by atomic mass is 16.2. The third kappa shape index (κ3) is 3.81. The largest absolute Gasteiger partial charge is 0.294 e. The zero-order valence-electron chi connectivity index (χ0n) is 13.6. The Kier molecular flexibility index (Phi) is 6.69. The van der Waals surface area contributed by atoms with Crippen LogP contribution >= 0.6 is 0 Å². The van der Waals surface area contributed by atoms with Crippen LogP contribution in [0.3, 0.4) is 0 Å². The van der Waals surface area contributed by atoms with E-state index in [4.69, 9.17) is 0 Å². The van der Waals surface area contributed by atoms with Crippen molar-refractivity contribution in [2.75, 3.05) is 0 Å². The zero-order chi connectivity index (χ0) is 15.1. The Hall–Kier alpha value is -1.38. The summed E-state index contributed by atoms with van der Waals surface area (Å²) in [5.41, 5.74) is 2.42. The summed E-state index contributed by atoms with van der Waals surface area (Å²) in [6.45, 7) is 10.4. The second kappa shape index (κ2) is 8.03. The fourth-order valence-corrected chi connectivity index (χ4v) is 2.50. The van der Waals surface area contributed by atoms with Crippen LogP contribution in [0.2, 0.25) is 0 Å². The van der Waals surface area contributed by atoms with E-state index in [0.717, 1.165) is 31.5 Å². The number of allylic oxidation sites excluding steroid dienone is 3. The lowest BCUT2D eigenvalue weighted by molar-refractivity contribution is -0.131. The van der Waals surface area contributed by atoms with Gasteiger partial charge in [-0.05, 0) is 43.8 Å². The molecule has 0 saturated heterocycles. The van der Waals surface area contributed by atoms with Crippen LogP contribution in [0.5, 0.6) is 0 Å². The third-order valence-electron chi connectivity index (χ3n) is 3.92. The molecule has 0 radical (unpaired) electrons. The molecule has 3 nitrogen and oxygen atoms in total. The van der Waals surface area contributed by atoms with Crippen LogP contribution in [0, 0.1) is 0 Å². The minimum atomic E-state index is 0.171. The van der Waals surface area contributed by atoms with Crippen LogP contribution in [-0.4, -0.2) is 23.1 Å². The lowest BCUT2D eigenvalue weighted by Gasteiger charge is -2.31. The summed E-state index contributed by atoms with van der Waals surface area (Å²) in [6.07, 6.45) is 8.45. The molecule has 0 aliphatic carbocycles. The molecule has 0 fully saturated rings. The van der Waals surface area contributed by atoms with Gasteiger partial charge < -0.3 is 0 Å². The molecule has 112 valence electrons. The molecule has 0 aromatic carbocycles. The SMILES string of the molecule is CCC(=O)N(C1=C(C)CC=C(CC)C=N1)C(CC)CC. The number of amides is 1. The predicted molar refractivity (Wildman–Crippen MR) is 85.7 cm³/mol. The van der Waals surface area contributed by atoms with Crippen molar-refractivity contribution in [3.8, 4) is 0 Å². The maximum Gasteiger partial charge on any atom is 0.228 e. The minimum absolute atomic E-state index is 0.171. The molecule has 1 aliphatic rings. The van der Waals surface area contributed by atoms with E-state index in [1.807, 2.05) is 18.0 Å². The third-order valence-corrected chi connectivity index (χ3v) is 3.92. The number of hydrogen-bond donors (Lipinski definition) is 0. The van der Waals surface area contributed by atoms with Gasteiger partial charge >= 0.3 is 0 Å². The van der Waals surface area contributed by atoms with Crippen molar-refractivity contribution in [1.29, 1.82) is 0 Å². The van der Waals surface area contributed by atoms with E-state index in [0.29, 0.717) is 6.42 Å². The van der Waals surface area contributed by atoms with E-state index < -0.39 is 0 Å². The molecule has 0 unspecified atom stereocenters. The summed E-state index contributed by atoms with van der Waals surface area (Å²) in [6, 6.07) is 0.243. The van der Waals surface area contributed by atoms with E-state index >= 15 is 0 Å². The monoisotopic (exact) mass is 276 g/mol. The van der Waals surface area contributed by atoms with Gasteiger partial charge in [-0.15, -0.1) is 0 Å². The molecule has 1 heterocycles. The summed E-state index contributed by atoms with van der Waals surface area (Å²) in [7, 11) is 0. The molecule has 0 aromatic rings. The Morgan fingerprint density at radius 1 is 1.30 bits per heavy atom. The molecular formula is C17H28N2O. The van der Waals surface area contributed by atoms with Crippen molar-refractivity contribution in [3.05, 3.63) is 23.0 Å². The molecule has 20 heavy (non-hydrogen) atoms. The molecule has 0 saturated carbocycles. The number of carbonyl (C=O) groups is 1. The number of carbonyl (C=O) groups excluding carboxylic acids is 1. The molecule has 0 aromatic heterocycles. The first-order valence-electron chi connectivity index (χ1n) is 7.83. The van der Waals surface area contributed by atoms with Crippen LogP contribution in [0.15, 0.2) is 28.0 Å². The topological polar surface area (TPSA) is 32.7 Å². The fourth-order valence-electron chi connectivity index (χ4n) is 2.50. The van der Waals surface area contributed by atoms with Gasteiger partial charge in [0.15, 0.2) is 0 Å². The van der Waals surface area contributed by atoms with E-state index in [9.17, 15) is 4.79 Å². The maximum atomic E-state index is 12.4. The second-order valence-corrected chi connectivity index (χ2v) is 5.29. The highest BCUT2D eigenvalue weighted by molar-refractivity contribution is 5.82. The van der Waals surface area contributed by atoms with Gasteiger partial charge in [0.2, 0.25) is 5.91 Å². The number of nitrogens with zero attached hydrogens (tertiary/aromatic N) is 2. The summed E-state index contributed by atoms with van der Waals surface area (Å²) < 4.78 is 0. The van der Waals surface area contributed by atoms with Crippen LogP contribution in [0.4, 0.5) is 0 Å². The van der Waals surface area contributed by atoms with Crippen molar-refractivity contribution in [2.45, 2.75) is 72.8 Å². The zero-order valence-corrected chi connectivity index (χ0v) is 13.6. The molecule has 0 spiro atoms. The van der Waals surface area contributed by atoms with E-state index in [-0.39, 0.29) is 11.9 Å². The molecule has 1 aliphatic heterocycles. The number of aliphatic imine (C=N–C) groups is 1. The van der Waals surface area contributed by atoms with Gasteiger partial charge in [-0.2, -0.15) is 0 Å². The predicted octanol–water partition coefficient (Wildman–Crippen LogP) is 4.46. The standard InChI is InChI=1S/C17H28N2O/c1-6-14-11-10-13(5)17(18-12-14)19(16(20)9-4)15(7-2)8-3/h11-12,15H,6-10H2,1-5H3. The molecule has 1 amide bonds. The van der Waals surface area contributed by atoms with Gasteiger partial charge in [-0.1, -0.05) is 33.8 Å². The highest BCUT2D eigenvalue weighted by Crippen LogP contribution is 2.25. The van der Waals surface area contributed by atoms with Gasteiger partial charge in [0.1, 0.15) is 5.82 Å². The smallest absolute Gasteiger partial charge is 0.228 e. The first kappa shape index (κ1) is 16.7. The van der Waals surface area contributed by atoms with Gasteiger partial charge in [0.25, 0.3) is 0 Å². The Morgan fingerprint density at radius 3 is 2.45 bits per heavy atom. The molecule has 3 heteroatoms. The molecule has 0 N–H and O–H groups in total. The van der Waals surface area contributed by atoms with Crippen molar-refractivity contribution in [3.63, 3.8) is 0 Å². The van der Waals surface area contributed by atoms with Crippen molar-refractivity contribution >= 4 is 12.1 Å². The first-order valence-corrected chi connectivity index (χ1v) is 7.83. The average Bonchev–Trinajstić information content (AvgIpc) is 2.65. The quantitative estimate of drug-likeness (QED) is 0.705. The summed E-state index contributed by atoms with van der Waals surface area (Å²) >= 11 is 0. The van der Waals surface area contributed by atoms with Crippen molar-refractivity contribution in [1.82, 2.24) is 4.90 Å². The van der Waals surface area contributed by atoms with Crippen LogP contribution in [0.25, 0.3) is 0 Å². The van der Waals surface area contributed by atoms with Crippen LogP contribution in [0.1, 0.15) is 66.7 Å². The molecule has 0 atom stereocenters. The van der Waals surface area contributed by atoms with E-state index in [2.05, 4.69) is 38.8 Å². The number of hydrogen-bond acceptors (Lipinski definition) is 2. The summed E-state index contributed by atoms with van der Waals surface area (Å²) in [5, 5.41) is 0.